The topological polar surface area (TPSA) is 0 Å². The van der Waals surface area contributed by atoms with Crippen molar-refractivity contribution in [3.63, 3.8) is 0 Å². The van der Waals surface area contributed by atoms with Crippen LogP contribution >= 0.6 is 0 Å². The molecule has 0 heteroatoms. The zero-order valence-electron chi connectivity index (χ0n) is 17.4. The quantitative estimate of drug-likeness (QED) is 0.175. The summed E-state index contributed by atoms with van der Waals surface area (Å²) in [4.78, 5) is 0. The van der Waals surface area contributed by atoms with Gasteiger partial charge < -0.3 is 0 Å². The van der Waals surface area contributed by atoms with E-state index in [9.17, 15) is 0 Å². The number of hydrogen-bond donors (Lipinski definition) is 0. The Kier molecular flexibility index (Phi) is 2.97. The van der Waals surface area contributed by atoms with Crippen LogP contribution in [0.5, 0.6) is 0 Å². The Morgan fingerprint density at radius 3 is 1.50 bits per heavy atom. The highest BCUT2D eigenvalue weighted by molar-refractivity contribution is 6.33. The summed E-state index contributed by atoms with van der Waals surface area (Å²) in [7, 11) is 0. The highest BCUT2D eigenvalue weighted by Gasteiger charge is 2.14. The maximum Gasteiger partial charge on any atom is -0.00201 e. The molecule has 146 valence electrons. The van der Waals surface area contributed by atoms with Crippen LogP contribution in [0.1, 0.15) is 0 Å². The summed E-state index contributed by atoms with van der Waals surface area (Å²) in [5, 5.41) is 18.6. The Labute approximate surface area is 184 Å². The van der Waals surface area contributed by atoms with Gasteiger partial charge in [0.25, 0.3) is 0 Å². The third kappa shape index (κ3) is 2.02. The van der Waals surface area contributed by atoms with Gasteiger partial charge in [-0.1, -0.05) is 84.9 Å². The molecule has 0 nitrogen and oxygen atoms in total. The molecule has 0 aliphatic rings. The van der Waals surface area contributed by atoms with E-state index in [0.717, 1.165) is 0 Å². The van der Waals surface area contributed by atoms with Crippen molar-refractivity contribution < 1.29 is 0 Å². The van der Waals surface area contributed by atoms with E-state index in [2.05, 4.69) is 109 Å². The molecule has 8 rings (SSSR count). The average molecular weight is 402 g/mol. The van der Waals surface area contributed by atoms with Gasteiger partial charge in [-0.25, -0.2) is 0 Å². The van der Waals surface area contributed by atoms with Crippen molar-refractivity contribution in [3.05, 3.63) is 109 Å². The van der Waals surface area contributed by atoms with Crippen LogP contribution in [0.4, 0.5) is 0 Å². The zero-order valence-corrected chi connectivity index (χ0v) is 17.4. The van der Waals surface area contributed by atoms with E-state index in [1.165, 1.54) is 75.4 Å². The lowest BCUT2D eigenvalue weighted by atomic mass is 9.88. The van der Waals surface area contributed by atoms with Gasteiger partial charge in [-0.3, -0.25) is 0 Å². The predicted molar refractivity (Wildman–Crippen MR) is 140 cm³/mol. The van der Waals surface area contributed by atoms with Crippen molar-refractivity contribution in [2.75, 3.05) is 0 Å². The van der Waals surface area contributed by atoms with Gasteiger partial charge in [0, 0.05) is 0 Å². The normalized spacial score (nSPS) is 12.4. The fourth-order valence-electron chi connectivity index (χ4n) is 5.87. The lowest BCUT2D eigenvalue weighted by Gasteiger charge is -2.16. The lowest BCUT2D eigenvalue weighted by molar-refractivity contribution is 1.79. The molecule has 0 heterocycles. The van der Waals surface area contributed by atoms with E-state index in [4.69, 9.17) is 0 Å². The van der Waals surface area contributed by atoms with E-state index < -0.39 is 0 Å². The van der Waals surface area contributed by atoms with Crippen LogP contribution in [0.15, 0.2) is 109 Å². The fraction of sp³-hybridized carbons (Fsp3) is 0. The molecule has 0 aromatic heterocycles. The minimum atomic E-state index is 1.29. The second-order valence-corrected chi connectivity index (χ2v) is 8.98. The van der Waals surface area contributed by atoms with Crippen molar-refractivity contribution in [2.24, 2.45) is 0 Å². The van der Waals surface area contributed by atoms with Crippen LogP contribution in [0.2, 0.25) is 0 Å². The number of rotatable bonds is 0. The lowest BCUT2D eigenvalue weighted by Crippen LogP contribution is -1.88. The van der Waals surface area contributed by atoms with Crippen molar-refractivity contribution in [1.82, 2.24) is 0 Å². The maximum atomic E-state index is 2.41. The van der Waals surface area contributed by atoms with Gasteiger partial charge in [0.15, 0.2) is 0 Å². The van der Waals surface area contributed by atoms with Gasteiger partial charge in [-0.15, -0.1) is 0 Å². The Hall–Kier alpha value is -4.16. The highest BCUT2D eigenvalue weighted by atomic mass is 14.2. The highest BCUT2D eigenvalue weighted by Crippen LogP contribution is 2.42. The predicted octanol–water partition coefficient (Wildman–Crippen LogP) is 9.20. The van der Waals surface area contributed by atoms with Gasteiger partial charge in [0.1, 0.15) is 0 Å². The largest absolute Gasteiger partial charge is 0.0616 e. The molecule has 0 aliphatic heterocycles. The molecule has 0 radical (unpaired) electrons. The Morgan fingerprint density at radius 1 is 0.250 bits per heavy atom. The summed E-state index contributed by atoms with van der Waals surface area (Å²) >= 11 is 0. The molecular weight excluding hydrogens is 384 g/mol. The average Bonchev–Trinajstić information content (AvgIpc) is 2.85. The van der Waals surface area contributed by atoms with Crippen LogP contribution in [0.25, 0.3) is 75.4 Å². The summed E-state index contributed by atoms with van der Waals surface area (Å²) < 4.78 is 0. The first-order chi connectivity index (χ1) is 15.8. The molecule has 0 amide bonds. The van der Waals surface area contributed by atoms with Gasteiger partial charge in [-0.05, 0) is 99.7 Å². The van der Waals surface area contributed by atoms with E-state index >= 15 is 0 Å². The fourth-order valence-corrected chi connectivity index (χ4v) is 5.87. The second-order valence-electron chi connectivity index (χ2n) is 8.98. The number of fused-ring (bicyclic) bond motifs is 7. The smallest absolute Gasteiger partial charge is 0.00201 e. The summed E-state index contributed by atoms with van der Waals surface area (Å²) in [6.45, 7) is 0. The van der Waals surface area contributed by atoms with E-state index in [1.807, 2.05) is 0 Å². The first-order valence-electron chi connectivity index (χ1n) is 11.2. The molecule has 0 fully saturated rings. The van der Waals surface area contributed by atoms with E-state index in [0.29, 0.717) is 0 Å². The van der Waals surface area contributed by atoms with Crippen LogP contribution in [-0.2, 0) is 0 Å². The van der Waals surface area contributed by atoms with E-state index in [-0.39, 0.29) is 0 Å². The molecule has 8 aromatic carbocycles. The monoisotopic (exact) mass is 402 g/mol. The Balaban J connectivity index is 1.63. The first kappa shape index (κ1) is 16.5. The van der Waals surface area contributed by atoms with Gasteiger partial charge >= 0.3 is 0 Å². The minimum Gasteiger partial charge on any atom is -0.0616 e. The number of hydrogen-bond acceptors (Lipinski definition) is 0. The van der Waals surface area contributed by atoms with Crippen molar-refractivity contribution in [2.45, 2.75) is 0 Å². The van der Waals surface area contributed by atoms with Crippen molar-refractivity contribution in [1.29, 1.82) is 0 Å². The van der Waals surface area contributed by atoms with Gasteiger partial charge in [0.2, 0.25) is 0 Å². The van der Waals surface area contributed by atoms with Crippen molar-refractivity contribution in [3.8, 4) is 0 Å². The molecule has 0 N–H and O–H groups in total. The summed E-state index contributed by atoms with van der Waals surface area (Å²) in [6.07, 6.45) is 0. The third-order valence-electron chi connectivity index (χ3n) is 7.30. The van der Waals surface area contributed by atoms with Gasteiger partial charge in [-0.2, -0.15) is 0 Å². The standard InChI is InChI=1S/C32H18/c1-3-7-25-19(5-1)9-10-21-16-24-17-23-12-11-22-15-20-6-2-4-8-26(20)27-13-14-28(32(23)31(22)27)30(24)18-29(21)25/h1-18H. The zero-order chi connectivity index (χ0) is 20.8. The summed E-state index contributed by atoms with van der Waals surface area (Å²) in [6, 6.07) is 40.7. The SMILES string of the molecule is c1ccc2c(c1)ccc1cc3cc4ccc5cc6ccccc6c6ccc(c3cc12)c4c56. The second kappa shape index (κ2) is 5.75. The van der Waals surface area contributed by atoms with Crippen LogP contribution in [0, 0.1) is 0 Å². The third-order valence-corrected chi connectivity index (χ3v) is 7.30. The molecule has 0 atom stereocenters. The molecule has 0 saturated heterocycles. The molecule has 32 heavy (non-hydrogen) atoms. The molecular formula is C32H18. The molecule has 0 aliphatic carbocycles. The first-order valence-corrected chi connectivity index (χ1v) is 11.2. The van der Waals surface area contributed by atoms with Crippen molar-refractivity contribution >= 4 is 75.4 Å². The van der Waals surface area contributed by atoms with Crippen LogP contribution in [-0.4, -0.2) is 0 Å². The minimum absolute atomic E-state index is 1.29. The molecule has 8 aromatic rings. The van der Waals surface area contributed by atoms with Gasteiger partial charge in [0.05, 0.1) is 0 Å². The molecule has 0 bridgehead atoms. The molecule has 0 saturated carbocycles. The molecule has 0 spiro atoms. The molecule has 0 unspecified atom stereocenters. The van der Waals surface area contributed by atoms with Crippen LogP contribution < -0.4 is 0 Å². The Bertz CT molecular complexity index is 2020. The van der Waals surface area contributed by atoms with Crippen LogP contribution in [0.3, 0.4) is 0 Å². The Morgan fingerprint density at radius 2 is 0.719 bits per heavy atom. The number of benzene rings is 8. The summed E-state index contributed by atoms with van der Waals surface area (Å²) in [5.74, 6) is 0. The van der Waals surface area contributed by atoms with E-state index in [1.54, 1.807) is 0 Å². The maximum absolute atomic E-state index is 2.41. The summed E-state index contributed by atoms with van der Waals surface area (Å²) in [5.41, 5.74) is 0.